The van der Waals surface area contributed by atoms with Gasteiger partial charge in [-0.2, -0.15) is 0 Å². The number of H-pyrrole nitrogens is 1. The van der Waals surface area contributed by atoms with Crippen molar-refractivity contribution in [1.82, 2.24) is 14.6 Å². The maximum absolute atomic E-state index is 11.8. The zero-order chi connectivity index (χ0) is 12.7. The van der Waals surface area contributed by atoms with Gasteiger partial charge in [0.05, 0.1) is 10.6 Å². The Morgan fingerprint density at radius 3 is 2.94 bits per heavy atom. The molecule has 3 aromatic rings. The summed E-state index contributed by atoms with van der Waals surface area (Å²) < 4.78 is 1.11. The van der Waals surface area contributed by atoms with Crippen LogP contribution in [0.2, 0.25) is 0 Å². The van der Waals surface area contributed by atoms with Gasteiger partial charge in [-0.25, -0.2) is 14.3 Å². The summed E-state index contributed by atoms with van der Waals surface area (Å²) in [6.07, 6.45) is 0. The van der Waals surface area contributed by atoms with Crippen LogP contribution in [0.3, 0.4) is 0 Å². The first-order chi connectivity index (χ1) is 8.65. The summed E-state index contributed by atoms with van der Waals surface area (Å²) in [6, 6.07) is 6.43. The molecular formula is C11H7N3O3S. The summed E-state index contributed by atoms with van der Waals surface area (Å²) in [6.45, 7) is 0. The number of hydrogen-bond acceptors (Lipinski definition) is 4. The van der Waals surface area contributed by atoms with E-state index < -0.39 is 5.97 Å². The molecule has 0 bridgehead atoms. The van der Waals surface area contributed by atoms with Gasteiger partial charge in [0.2, 0.25) is 0 Å². The van der Waals surface area contributed by atoms with Crippen molar-refractivity contribution >= 4 is 23.0 Å². The van der Waals surface area contributed by atoms with Crippen molar-refractivity contribution in [3.63, 3.8) is 0 Å². The Bertz CT molecular complexity index is 786. The predicted octanol–water partition coefficient (Wildman–Crippen LogP) is 1.45. The van der Waals surface area contributed by atoms with Gasteiger partial charge in [-0.05, 0) is 11.4 Å². The fourth-order valence-corrected chi connectivity index (χ4v) is 2.34. The van der Waals surface area contributed by atoms with Crippen molar-refractivity contribution in [3.8, 4) is 10.6 Å². The van der Waals surface area contributed by atoms with E-state index in [2.05, 4.69) is 10.1 Å². The highest BCUT2D eigenvalue weighted by molar-refractivity contribution is 7.13. The van der Waals surface area contributed by atoms with Crippen LogP contribution in [-0.2, 0) is 0 Å². The topological polar surface area (TPSA) is 87.5 Å². The van der Waals surface area contributed by atoms with E-state index in [0.717, 1.165) is 9.39 Å². The van der Waals surface area contributed by atoms with Crippen LogP contribution in [0.25, 0.3) is 16.2 Å². The van der Waals surface area contributed by atoms with E-state index in [1.165, 1.54) is 23.5 Å². The van der Waals surface area contributed by atoms with Crippen LogP contribution in [0.4, 0.5) is 0 Å². The number of aromatic amines is 1. The lowest BCUT2D eigenvalue weighted by Crippen LogP contribution is -2.14. The van der Waals surface area contributed by atoms with E-state index in [0.29, 0.717) is 11.3 Å². The van der Waals surface area contributed by atoms with Crippen molar-refractivity contribution < 1.29 is 9.90 Å². The molecule has 0 radical (unpaired) electrons. The first kappa shape index (κ1) is 10.7. The molecule has 0 amide bonds. The molecule has 0 unspecified atom stereocenters. The lowest BCUT2D eigenvalue weighted by Gasteiger charge is -1.96. The standard InChI is InChI=1S/C11H7N3O3S/c15-10-5-6(8-2-1-3-18-8)12-9-4-7(11(16)17)13-14(9)10/h1-5,13H,(H,16,17). The molecule has 0 aliphatic carbocycles. The maximum atomic E-state index is 11.8. The summed E-state index contributed by atoms with van der Waals surface area (Å²) in [5, 5.41) is 13.2. The second kappa shape index (κ2) is 3.81. The van der Waals surface area contributed by atoms with Gasteiger partial charge in [0.25, 0.3) is 5.56 Å². The molecule has 0 aliphatic heterocycles. The quantitative estimate of drug-likeness (QED) is 0.730. The van der Waals surface area contributed by atoms with Crippen LogP contribution in [-0.4, -0.2) is 25.7 Å². The van der Waals surface area contributed by atoms with Crippen LogP contribution < -0.4 is 5.56 Å². The molecule has 90 valence electrons. The van der Waals surface area contributed by atoms with Crippen LogP contribution in [0.5, 0.6) is 0 Å². The molecule has 3 heterocycles. The van der Waals surface area contributed by atoms with Crippen LogP contribution in [0, 0.1) is 0 Å². The van der Waals surface area contributed by atoms with Crippen LogP contribution in [0.15, 0.2) is 34.4 Å². The molecule has 7 heteroatoms. The first-order valence-corrected chi connectivity index (χ1v) is 5.93. The number of carboxylic acid groups (broad SMARTS) is 1. The van der Waals surface area contributed by atoms with E-state index in [-0.39, 0.29) is 11.3 Å². The van der Waals surface area contributed by atoms with Crippen molar-refractivity contribution in [1.29, 1.82) is 0 Å². The fourth-order valence-electron chi connectivity index (χ4n) is 1.65. The molecule has 0 fully saturated rings. The Morgan fingerprint density at radius 1 is 1.44 bits per heavy atom. The number of aromatic carboxylic acids is 1. The fraction of sp³-hybridized carbons (Fsp3) is 0. The van der Waals surface area contributed by atoms with E-state index in [9.17, 15) is 9.59 Å². The molecule has 6 nitrogen and oxygen atoms in total. The molecule has 0 aliphatic rings. The highest BCUT2D eigenvalue weighted by Crippen LogP contribution is 2.21. The number of hydrogen-bond donors (Lipinski definition) is 2. The predicted molar refractivity (Wildman–Crippen MR) is 66.1 cm³/mol. The molecule has 3 rings (SSSR count). The van der Waals surface area contributed by atoms with Gasteiger partial charge in [0.1, 0.15) is 5.69 Å². The number of nitrogens with one attached hydrogen (secondary N) is 1. The van der Waals surface area contributed by atoms with Crippen molar-refractivity contribution in [2.24, 2.45) is 0 Å². The van der Waals surface area contributed by atoms with Gasteiger partial charge in [-0.15, -0.1) is 11.3 Å². The van der Waals surface area contributed by atoms with Crippen molar-refractivity contribution in [2.45, 2.75) is 0 Å². The largest absolute Gasteiger partial charge is 0.477 e. The molecule has 2 N–H and O–H groups in total. The number of carbonyl (C=O) groups is 1. The van der Waals surface area contributed by atoms with Crippen molar-refractivity contribution in [3.05, 3.63) is 45.7 Å². The Balaban J connectivity index is 2.27. The number of nitrogens with zero attached hydrogens (tertiary/aromatic N) is 2. The van der Waals surface area contributed by atoms with Gasteiger partial charge < -0.3 is 5.11 Å². The summed E-state index contributed by atoms with van der Waals surface area (Å²) in [5.41, 5.74) is 0.438. The highest BCUT2D eigenvalue weighted by Gasteiger charge is 2.11. The maximum Gasteiger partial charge on any atom is 0.353 e. The monoisotopic (exact) mass is 261 g/mol. The van der Waals surface area contributed by atoms with E-state index in [1.807, 2.05) is 17.5 Å². The van der Waals surface area contributed by atoms with Gasteiger partial charge in [-0.3, -0.25) is 9.89 Å². The average Bonchev–Trinajstić information content (AvgIpc) is 2.97. The van der Waals surface area contributed by atoms with Gasteiger partial charge in [0, 0.05) is 12.1 Å². The smallest absolute Gasteiger partial charge is 0.353 e. The third kappa shape index (κ3) is 1.61. The third-order valence-corrected chi connectivity index (χ3v) is 3.35. The number of fused-ring (bicyclic) bond motifs is 1. The first-order valence-electron chi connectivity index (χ1n) is 5.05. The SMILES string of the molecule is O=C(O)c1cc2nc(-c3cccs3)cc(=O)n2[nH]1. The second-order valence-electron chi connectivity index (χ2n) is 3.63. The lowest BCUT2D eigenvalue weighted by molar-refractivity contribution is 0.0690. The minimum Gasteiger partial charge on any atom is -0.477 e. The lowest BCUT2D eigenvalue weighted by atomic mass is 10.3. The minimum atomic E-state index is -1.13. The molecule has 0 aromatic carbocycles. The summed E-state index contributed by atoms with van der Waals surface area (Å²) in [5.74, 6) is -1.13. The summed E-state index contributed by atoms with van der Waals surface area (Å²) >= 11 is 1.47. The minimum absolute atomic E-state index is 0.0667. The molecule has 18 heavy (non-hydrogen) atoms. The zero-order valence-corrected chi connectivity index (χ0v) is 9.77. The summed E-state index contributed by atoms with van der Waals surface area (Å²) in [7, 11) is 0. The Labute approximate surface area is 104 Å². The van der Waals surface area contributed by atoms with E-state index in [4.69, 9.17) is 5.11 Å². The summed E-state index contributed by atoms with van der Waals surface area (Å²) in [4.78, 5) is 27.8. The van der Waals surface area contributed by atoms with Crippen LogP contribution in [0.1, 0.15) is 10.5 Å². The Kier molecular flexibility index (Phi) is 2.27. The number of rotatable bonds is 2. The van der Waals surface area contributed by atoms with Gasteiger partial charge in [0.15, 0.2) is 5.65 Å². The molecule has 0 saturated heterocycles. The van der Waals surface area contributed by atoms with E-state index in [1.54, 1.807) is 0 Å². The van der Waals surface area contributed by atoms with Crippen molar-refractivity contribution in [2.75, 3.05) is 0 Å². The number of thiophene rings is 1. The average molecular weight is 261 g/mol. The van der Waals surface area contributed by atoms with E-state index >= 15 is 0 Å². The molecule has 0 atom stereocenters. The molecule has 3 aromatic heterocycles. The van der Waals surface area contributed by atoms with Gasteiger partial charge in [-0.1, -0.05) is 6.07 Å². The molecular weight excluding hydrogens is 254 g/mol. The van der Waals surface area contributed by atoms with Gasteiger partial charge >= 0.3 is 5.97 Å². The highest BCUT2D eigenvalue weighted by atomic mass is 32.1. The normalized spacial score (nSPS) is 10.9. The Hall–Kier alpha value is -2.41. The third-order valence-electron chi connectivity index (χ3n) is 2.45. The Morgan fingerprint density at radius 2 is 2.28 bits per heavy atom. The number of aromatic nitrogens is 3. The second-order valence-corrected chi connectivity index (χ2v) is 4.57. The molecule has 0 spiro atoms. The van der Waals surface area contributed by atoms with Crippen LogP contribution >= 0.6 is 11.3 Å². The zero-order valence-electron chi connectivity index (χ0n) is 8.95. The molecule has 0 saturated carbocycles. The number of carboxylic acids is 1.